The van der Waals surface area contributed by atoms with Crippen LogP contribution in [-0.2, 0) is 4.74 Å². The summed E-state index contributed by atoms with van der Waals surface area (Å²) in [5.41, 5.74) is 1.22. The van der Waals surface area contributed by atoms with Gasteiger partial charge in [-0.05, 0) is 70.9 Å². The molecule has 35 heavy (non-hydrogen) atoms. The van der Waals surface area contributed by atoms with Gasteiger partial charge in [-0.25, -0.2) is 23.8 Å². The van der Waals surface area contributed by atoms with Crippen molar-refractivity contribution in [2.24, 2.45) is 5.92 Å². The highest BCUT2D eigenvalue weighted by atomic mass is 19.1. The zero-order valence-corrected chi connectivity index (χ0v) is 20.4. The molecule has 0 spiro atoms. The molecule has 2 aromatic heterocycles. The number of nitrogens with zero attached hydrogens (tertiary/aromatic N) is 4. The number of halogens is 1. The number of para-hydroxylation sites is 1. The minimum atomic E-state index is -0.491. The van der Waals surface area contributed by atoms with Gasteiger partial charge in [-0.3, -0.25) is 0 Å². The molecule has 0 atom stereocenters. The molecule has 2 heterocycles. The van der Waals surface area contributed by atoms with Crippen molar-refractivity contribution in [1.29, 1.82) is 0 Å². The average Bonchev–Trinajstić information content (AvgIpc) is 3.29. The third-order valence-electron chi connectivity index (χ3n) is 5.99. The number of benzene rings is 1. The molecule has 1 fully saturated rings. The fraction of sp³-hybridized carbons (Fsp3) is 0.462. The van der Waals surface area contributed by atoms with Crippen LogP contribution in [0.5, 0.6) is 5.75 Å². The van der Waals surface area contributed by atoms with Gasteiger partial charge in [0.15, 0.2) is 5.75 Å². The van der Waals surface area contributed by atoms with Crippen LogP contribution in [0.25, 0.3) is 16.9 Å². The molecule has 1 saturated carbocycles. The predicted molar refractivity (Wildman–Crippen MR) is 130 cm³/mol. The van der Waals surface area contributed by atoms with E-state index >= 15 is 0 Å². The molecule has 1 aliphatic carbocycles. The lowest BCUT2D eigenvalue weighted by Gasteiger charge is -2.30. The lowest BCUT2D eigenvalue weighted by Crippen LogP contribution is -2.41. The van der Waals surface area contributed by atoms with Gasteiger partial charge in [0.25, 0.3) is 0 Å². The van der Waals surface area contributed by atoms with E-state index in [9.17, 15) is 9.18 Å². The lowest BCUT2D eigenvalue weighted by atomic mass is 9.84. The smallest absolute Gasteiger partial charge is 0.407 e. The predicted octanol–water partition coefficient (Wildman–Crippen LogP) is 5.32. The van der Waals surface area contributed by atoms with Gasteiger partial charge in [-0.15, -0.1) is 0 Å². The Morgan fingerprint density at radius 3 is 2.69 bits per heavy atom. The minimum absolute atomic E-state index is 0.155. The van der Waals surface area contributed by atoms with Crippen LogP contribution in [-0.4, -0.2) is 44.1 Å². The normalized spacial score (nSPS) is 18.2. The fourth-order valence-electron chi connectivity index (χ4n) is 4.26. The monoisotopic (exact) mass is 481 g/mol. The highest BCUT2D eigenvalue weighted by Gasteiger charge is 2.25. The Balaban J connectivity index is 1.29. The lowest BCUT2D eigenvalue weighted by molar-refractivity contribution is 0.0485. The number of hydrogen-bond donors (Lipinski definition) is 1. The number of nitrogens with one attached hydrogen (secondary N) is 1. The Morgan fingerprint density at radius 1 is 1.17 bits per heavy atom. The largest absolute Gasteiger partial charge is 0.490 e. The molecule has 0 saturated heterocycles. The van der Waals surface area contributed by atoms with E-state index in [0.717, 1.165) is 37.7 Å². The van der Waals surface area contributed by atoms with E-state index in [1.165, 1.54) is 17.1 Å². The SMILES string of the molecule is CC(C)(C)OC(=O)N[C@H]1CC[C@@H](CCOc2cncnc2-c2cnn(-c3ccccc3F)c2)CC1. The van der Waals surface area contributed by atoms with Crippen LogP contribution in [0.15, 0.2) is 49.2 Å². The second kappa shape index (κ2) is 10.8. The van der Waals surface area contributed by atoms with Crippen LogP contribution < -0.4 is 10.1 Å². The molecule has 4 rings (SSSR count). The number of ether oxygens (including phenoxy) is 2. The first-order valence-electron chi connectivity index (χ1n) is 12.0. The van der Waals surface area contributed by atoms with Gasteiger partial charge >= 0.3 is 6.09 Å². The van der Waals surface area contributed by atoms with Crippen LogP contribution in [0, 0.1) is 11.7 Å². The summed E-state index contributed by atoms with van der Waals surface area (Å²) in [5.74, 6) is 0.752. The Morgan fingerprint density at radius 2 is 1.94 bits per heavy atom. The zero-order chi connectivity index (χ0) is 24.8. The summed E-state index contributed by atoms with van der Waals surface area (Å²) < 4.78 is 27.0. The van der Waals surface area contributed by atoms with E-state index in [1.807, 2.05) is 20.8 Å². The van der Waals surface area contributed by atoms with Crippen LogP contribution in [0.3, 0.4) is 0 Å². The van der Waals surface area contributed by atoms with Gasteiger partial charge < -0.3 is 14.8 Å². The molecular weight excluding hydrogens is 449 g/mol. The molecule has 1 aromatic carbocycles. The van der Waals surface area contributed by atoms with Gasteiger partial charge in [0, 0.05) is 17.8 Å². The Kier molecular flexibility index (Phi) is 7.63. The second-order valence-corrected chi connectivity index (χ2v) is 9.86. The molecular formula is C26H32FN5O3. The number of rotatable bonds is 7. The first-order chi connectivity index (χ1) is 16.8. The summed E-state index contributed by atoms with van der Waals surface area (Å²) >= 11 is 0. The van der Waals surface area contributed by atoms with Gasteiger partial charge in [-0.1, -0.05) is 12.1 Å². The molecule has 9 heteroatoms. The van der Waals surface area contributed by atoms with Crippen molar-refractivity contribution in [3.05, 3.63) is 55.0 Å². The highest BCUT2D eigenvalue weighted by Crippen LogP contribution is 2.30. The molecule has 0 unspecified atom stereocenters. The maximum absolute atomic E-state index is 14.1. The van der Waals surface area contributed by atoms with Crippen molar-refractivity contribution >= 4 is 6.09 Å². The molecule has 0 aliphatic heterocycles. The third-order valence-corrected chi connectivity index (χ3v) is 5.99. The van der Waals surface area contributed by atoms with Crippen molar-refractivity contribution in [2.45, 2.75) is 64.5 Å². The fourth-order valence-corrected chi connectivity index (χ4v) is 4.26. The van der Waals surface area contributed by atoms with Gasteiger partial charge in [-0.2, -0.15) is 5.10 Å². The number of alkyl carbamates (subject to hydrolysis) is 1. The molecule has 1 N–H and O–H groups in total. The second-order valence-electron chi connectivity index (χ2n) is 9.86. The topological polar surface area (TPSA) is 91.2 Å². The van der Waals surface area contributed by atoms with Crippen LogP contribution in [0.2, 0.25) is 0 Å². The standard InChI is InChI=1S/C26H32FN5O3/c1-26(2,3)35-25(33)31-20-10-8-18(9-11-20)12-13-34-23-15-28-17-29-24(23)19-14-30-32(16-19)22-7-5-4-6-21(22)27/h4-7,14-18,20H,8-13H2,1-3H3,(H,31,33)/t18-,20+. The summed E-state index contributed by atoms with van der Waals surface area (Å²) in [4.78, 5) is 20.5. The van der Waals surface area contributed by atoms with Crippen molar-refractivity contribution < 1.29 is 18.7 Å². The zero-order valence-electron chi connectivity index (χ0n) is 20.4. The van der Waals surface area contributed by atoms with Gasteiger partial charge in [0.2, 0.25) is 0 Å². The molecule has 0 radical (unpaired) electrons. The van der Waals surface area contributed by atoms with E-state index in [-0.39, 0.29) is 18.0 Å². The van der Waals surface area contributed by atoms with Crippen LogP contribution >= 0.6 is 0 Å². The Hall–Kier alpha value is -3.49. The summed E-state index contributed by atoms with van der Waals surface area (Å²) in [5, 5.41) is 7.27. The quantitative estimate of drug-likeness (QED) is 0.491. The number of carbonyl (C=O) groups excluding carboxylic acids is 1. The van der Waals surface area contributed by atoms with Crippen molar-refractivity contribution in [1.82, 2.24) is 25.1 Å². The maximum atomic E-state index is 14.1. The molecule has 1 amide bonds. The van der Waals surface area contributed by atoms with Crippen molar-refractivity contribution in [2.75, 3.05) is 6.61 Å². The van der Waals surface area contributed by atoms with E-state index in [2.05, 4.69) is 20.4 Å². The summed E-state index contributed by atoms with van der Waals surface area (Å²) in [6, 6.07) is 6.63. The number of hydrogen-bond acceptors (Lipinski definition) is 6. The van der Waals surface area contributed by atoms with Crippen molar-refractivity contribution in [3.8, 4) is 22.7 Å². The molecule has 1 aliphatic rings. The highest BCUT2D eigenvalue weighted by molar-refractivity contribution is 5.68. The molecule has 3 aromatic rings. The van der Waals surface area contributed by atoms with Gasteiger partial charge in [0.1, 0.15) is 29.1 Å². The first-order valence-corrected chi connectivity index (χ1v) is 12.0. The molecule has 0 bridgehead atoms. The van der Waals surface area contributed by atoms with E-state index in [0.29, 0.717) is 29.7 Å². The summed E-state index contributed by atoms with van der Waals surface area (Å²) in [6.07, 6.45) is 10.9. The third kappa shape index (κ3) is 6.77. The van der Waals surface area contributed by atoms with E-state index < -0.39 is 5.60 Å². The molecule has 8 nitrogen and oxygen atoms in total. The Bertz CT molecular complexity index is 1140. The number of aromatic nitrogens is 4. The number of carbonyl (C=O) groups is 1. The van der Waals surface area contributed by atoms with E-state index in [1.54, 1.807) is 36.8 Å². The summed E-state index contributed by atoms with van der Waals surface area (Å²) in [6.45, 7) is 6.13. The maximum Gasteiger partial charge on any atom is 0.407 e. The summed E-state index contributed by atoms with van der Waals surface area (Å²) in [7, 11) is 0. The molecule has 186 valence electrons. The van der Waals surface area contributed by atoms with Gasteiger partial charge in [0.05, 0.1) is 19.0 Å². The van der Waals surface area contributed by atoms with E-state index in [4.69, 9.17) is 9.47 Å². The minimum Gasteiger partial charge on any atom is -0.490 e. The number of amides is 1. The van der Waals surface area contributed by atoms with Crippen LogP contribution in [0.1, 0.15) is 52.9 Å². The van der Waals surface area contributed by atoms with Crippen molar-refractivity contribution in [3.63, 3.8) is 0 Å². The first kappa shape index (κ1) is 24.6. The Labute approximate surface area is 204 Å². The average molecular weight is 482 g/mol. The van der Waals surface area contributed by atoms with Crippen LogP contribution in [0.4, 0.5) is 9.18 Å².